The molecular formula is C17H17N3O4. The highest BCUT2D eigenvalue weighted by molar-refractivity contribution is 5.80. The maximum atomic E-state index is 12.2. The minimum Gasteiger partial charge on any atom is -0.465 e. The Labute approximate surface area is 137 Å². The van der Waals surface area contributed by atoms with Gasteiger partial charge in [-0.15, -0.1) is 0 Å². The number of carbonyl (C=O) groups is 1. The summed E-state index contributed by atoms with van der Waals surface area (Å²) in [5, 5.41) is 2.69. The topological polar surface area (TPSA) is 86.2 Å². The number of aryl methyl sites for hydroxylation is 2. The fourth-order valence-electron chi connectivity index (χ4n) is 2.58. The lowest BCUT2D eigenvalue weighted by atomic mass is 10.3. The SMILES string of the molecule is Cc1ccc(CNC(=O)Cn2c(=O)c(=O)n(C)c3ccccc32)o1. The number of aromatic nitrogens is 2. The van der Waals surface area contributed by atoms with Gasteiger partial charge in [-0.25, -0.2) is 0 Å². The molecule has 0 aliphatic carbocycles. The molecule has 0 spiro atoms. The van der Waals surface area contributed by atoms with Crippen molar-refractivity contribution in [3.8, 4) is 0 Å². The van der Waals surface area contributed by atoms with Crippen LogP contribution in [0.1, 0.15) is 11.5 Å². The van der Waals surface area contributed by atoms with Crippen molar-refractivity contribution in [2.24, 2.45) is 7.05 Å². The van der Waals surface area contributed by atoms with Crippen LogP contribution in [0.4, 0.5) is 0 Å². The number of amides is 1. The van der Waals surface area contributed by atoms with Crippen molar-refractivity contribution in [3.05, 3.63) is 68.6 Å². The van der Waals surface area contributed by atoms with E-state index in [1.807, 2.05) is 6.92 Å². The summed E-state index contributed by atoms with van der Waals surface area (Å²) in [6.07, 6.45) is 0. The van der Waals surface area contributed by atoms with Gasteiger partial charge < -0.3 is 14.3 Å². The van der Waals surface area contributed by atoms with Crippen LogP contribution >= 0.6 is 0 Å². The van der Waals surface area contributed by atoms with Crippen molar-refractivity contribution in [1.82, 2.24) is 14.5 Å². The predicted octanol–water partition coefficient (Wildman–Crippen LogP) is 0.918. The Hall–Kier alpha value is -3.09. The number of nitrogens with zero attached hydrogens (tertiary/aromatic N) is 2. The minimum absolute atomic E-state index is 0.226. The Kier molecular flexibility index (Phi) is 4.07. The van der Waals surface area contributed by atoms with E-state index in [0.29, 0.717) is 16.8 Å². The molecule has 0 radical (unpaired) electrons. The van der Waals surface area contributed by atoms with Crippen LogP contribution in [0.5, 0.6) is 0 Å². The molecule has 3 aromatic rings. The van der Waals surface area contributed by atoms with Crippen LogP contribution in [0, 0.1) is 6.92 Å². The average molecular weight is 327 g/mol. The molecule has 124 valence electrons. The van der Waals surface area contributed by atoms with Gasteiger partial charge in [-0.05, 0) is 31.2 Å². The van der Waals surface area contributed by atoms with Crippen LogP contribution < -0.4 is 16.4 Å². The fourth-order valence-corrected chi connectivity index (χ4v) is 2.58. The van der Waals surface area contributed by atoms with Gasteiger partial charge in [0, 0.05) is 7.05 Å². The predicted molar refractivity (Wildman–Crippen MR) is 88.7 cm³/mol. The third-order valence-electron chi connectivity index (χ3n) is 3.82. The maximum absolute atomic E-state index is 12.2. The highest BCUT2D eigenvalue weighted by Gasteiger charge is 2.13. The number of nitrogens with one attached hydrogen (secondary N) is 1. The van der Waals surface area contributed by atoms with Gasteiger partial charge in [0.1, 0.15) is 18.1 Å². The second-order valence-electron chi connectivity index (χ2n) is 5.53. The van der Waals surface area contributed by atoms with Gasteiger partial charge in [-0.3, -0.25) is 19.0 Å². The van der Waals surface area contributed by atoms with Gasteiger partial charge in [-0.2, -0.15) is 0 Å². The number of benzene rings is 1. The molecule has 0 unspecified atom stereocenters. The largest absolute Gasteiger partial charge is 0.465 e. The fraction of sp³-hybridized carbons (Fsp3) is 0.235. The Morgan fingerprint density at radius 1 is 1.08 bits per heavy atom. The summed E-state index contributed by atoms with van der Waals surface area (Å²) in [5.74, 6) is 1.01. The molecule has 7 nitrogen and oxygen atoms in total. The zero-order valence-electron chi connectivity index (χ0n) is 13.4. The molecule has 3 rings (SSSR count). The van der Waals surface area contributed by atoms with Gasteiger partial charge in [-0.1, -0.05) is 12.1 Å². The summed E-state index contributed by atoms with van der Waals surface area (Å²) in [7, 11) is 1.54. The number of para-hydroxylation sites is 2. The number of hydrogen-bond acceptors (Lipinski definition) is 4. The molecule has 0 aliphatic heterocycles. The van der Waals surface area contributed by atoms with Crippen LogP contribution in [0.2, 0.25) is 0 Å². The van der Waals surface area contributed by atoms with E-state index < -0.39 is 11.1 Å². The first-order valence-electron chi connectivity index (χ1n) is 7.48. The molecule has 2 heterocycles. The third-order valence-corrected chi connectivity index (χ3v) is 3.82. The van der Waals surface area contributed by atoms with Crippen LogP contribution in [-0.2, 0) is 24.9 Å². The van der Waals surface area contributed by atoms with Crippen LogP contribution in [0.3, 0.4) is 0 Å². The summed E-state index contributed by atoms with van der Waals surface area (Å²) in [4.78, 5) is 36.5. The Bertz CT molecular complexity index is 1030. The minimum atomic E-state index is -0.722. The first kappa shape index (κ1) is 15.8. The van der Waals surface area contributed by atoms with Gasteiger partial charge in [0.05, 0.1) is 17.6 Å². The smallest absolute Gasteiger partial charge is 0.317 e. The van der Waals surface area contributed by atoms with Crippen molar-refractivity contribution < 1.29 is 9.21 Å². The van der Waals surface area contributed by atoms with E-state index in [9.17, 15) is 14.4 Å². The maximum Gasteiger partial charge on any atom is 0.317 e. The molecule has 1 N–H and O–H groups in total. The van der Waals surface area contributed by atoms with Crippen LogP contribution in [0.25, 0.3) is 11.0 Å². The van der Waals surface area contributed by atoms with Crippen LogP contribution in [0.15, 0.2) is 50.4 Å². The monoisotopic (exact) mass is 327 g/mol. The molecule has 0 aliphatic rings. The first-order valence-corrected chi connectivity index (χ1v) is 7.48. The van der Waals surface area contributed by atoms with Gasteiger partial charge >= 0.3 is 11.1 Å². The van der Waals surface area contributed by atoms with E-state index in [1.54, 1.807) is 36.4 Å². The van der Waals surface area contributed by atoms with Gasteiger partial charge in [0.15, 0.2) is 0 Å². The molecule has 0 saturated carbocycles. The van der Waals surface area contributed by atoms with E-state index in [-0.39, 0.29) is 19.0 Å². The lowest BCUT2D eigenvalue weighted by Crippen LogP contribution is -2.43. The first-order chi connectivity index (χ1) is 11.5. The number of fused-ring (bicyclic) bond motifs is 1. The molecule has 0 fully saturated rings. The molecule has 24 heavy (non-hydrogen) atoms. The highest BCUT2D eigenvalue weighted by atomic mass is 16.3. The van der Waals surface area contributed by atoms with Crippen molar-refractivity contribution in [1.29, 1.82) is 0 Å². The van der Waals surface area contributed by atoms with E-state index in [0.717, 1.165) is 5.76 Å². The molecule has 2 aromatic heterocycles. The quantitative estimate of drug-likeness (QED) is 0.722. The lowest BCUT2D eigenvalue weighted by molar-refractivity contribution is -0.121. The van der Waals surface area contributed by atoms with Crippen molar-refractivity contribution in [3.63, 3.8) is 0 Å². The summed E-state index contributed by atoms with van der Waals surface area (Å²) >= 11 is 0. The summed E-state index contributed by atoms with van der Waals surface area (Å²) in [6, 6.07) is 10.5. The molecule has 1 amide bonds. The van der Waals surface area contributed by atoms with Gasteiger partial charge in [0.2, 0.25) is 5.91 Å². The summed E-state index contributed by atoms with van der Waals surface area (Å²) < 4.78 is 7.86. The molecule has 0 saturated heterocycles. The number of hydrogen-bond donors (Lipinski definition) is 1. The van der Waals surface area contributed by atoms with Gasteiger partial charge in [0.25, 0.3) is 0 Å². The normalized spacial score (nSPS) is 10.9. The average Bonchev–Trinajstić information content (AvgIpc) is 3.00. The number of rotatable bonds is 4. The summed E-state index contributed by atoms with van der Waals surface area (Å²) in [5.41, 5.74) is -0.256. The van der Waals surface area contributed by atoms with Crippen molar-refractivity contribution >= 4 is 16.9 Å². The Morgan fingerprint density at radius 2 is 1.79 bits per heavy atom. The molecule has 7 heteroatoms. The van der Waals surface area contributed by atoms with E-state index in [2.05, 4.69) is 5.32 Å². The number of carbonyl (C=O) groups excluding carboxylic acids is 1. The zero-order chi connectivity index (χ0) is 17.3. The van der Waals surface area contributed by atoms with Crippen LogP contribution in [-0.4, -0.2) is 15.0 Å². The second-order valence-corrected chi connectivity index (χ2v) is 5.53. The standard InChI is InChI=1S/C17H17N3O4/c1-11-7-8-12(24-11)9-18-15(21)10-20-14-6-4-3-5-13(14)19(2)16(22)17(20)23/h3-8H,9-10H2,1-2H3,(H,18,21). The lowest BCUT2D eigenvalue weighted by Gasteiger charge is -2.12. The van der Waals surface area contributed by atoms with E-state index in [1.165, 1.54) is 16.2 Å². The zero-order valence-corrected chi connectivity index (χ0v) is 13.4. The summed E-state index contributed by atoms with van der Waals surface area (Å²) in [6.45, 7) is 1.82. The van der Waals surface area contributed by atoms with Crippen molar-refractivity contribution in [2.45, 2.75) is 20.0 Å². The second kappa shape index (κ2) is 6.19. The molecular weight excluding hydrogens is 310 g/mol. The van der Waals surface area contributed by atoms with Crippen molar-refractivity contribution in [2.75, 3.05) is 0 Å². The molecule has 0 bridgehead atoms. The Balaban J connectivity index is 1.88. The van der Waals surface area contributed by atoms with E-state index in [4.69, 9.17) is 4.42 Å². The molecule has 1 aromatic carbocycles. The third kappa shape index (κ3) is 2.88. The highest BCUT2D eigenvalue weighted by Crippen LogP contribution is 2.09. The Morgan fingerprint density at radius 3 is 2.46 bits per heavy atom. The molecule has 0 atom stereocenters. The number of furan rings is 1. The van der Waals surface area contributed by atoms with E-state index >= 15 is 0 Å².